The van der Waals surface area contributed by atoms with E-state index in [1.165, 1.54) is 12.1 Å². The van der Waals surface area contributed by atoms with E-state index in [1.54, 1.807) is 6.07 Å². The number of hydrogen-bond donors (Lipinski definition) is 1. The molecule has 1 N–H and O–H groups in total. The van der Waals surface area contributed by atoms with Crippen LogP contribution in [0.15, 0.2) is 48.5 Å². The van der Waals surface area contributed by atoms with Crippen molar-refractivity contribution in [2.75, 3.05) is 11.9 Å². The molecule has 2 aromatic carbocycles. The summed E-state index contributed by atoms with van der Waals surface area (Å²) >= 11 is 0. The Bertz CT molecular complexity index is 908. The third-order valence-electron chi connectivity index (χ3n) is 4.28. The molecule has 0 aliphatic carbocycles. The quantitative estimate of drug-likeness (QED) is 0.737. The van der Waals surface area contributed by atoms with Gasteiger partial charge >= 0.3 is 0 Å². The van der Waals surface area contributed by atoms with E-state index in [2.05, 4.69) is 5.32 Å². The zero-order chi connectivity index (χ0) is 19.4. The summed E-state index contributed by atoms with van der Waals surface area (Å²) in [7, 11) is 0. The fraction of sp³-hybridized carbons (Fsp3) is 0.200. The fourth-order valence-electron chi connectivity index (χ4n) is 2.90. The zero-order valence-electron chi connectivity index (χ0n) is 14.4. The molecule has 7 nitrogen and oxygen atoms in total. The minimum absolute atomic E-state index is 0.152. The van der Waals surface area contributed by atoms with Crippen molar-refractivity contribution in [1.82, 2.24) is 4.90 Å². The zero-order valence-corrected chi connectivity index (χ0v) is 14.4. The number of aliphatic carboxylic acids is 1. The number of nitrogens with zero attached hydrogens (tertiary/aromatic N) is 1. The molecule has 0 saturated carbocycles. The number of carboxylic acids is 1. The van der Waals surface area contributed by atoms with Crippen LogP contribution in [0.5, 0.6) is 0 Å². The molecule has 138 valence electrons. The Kier molecular flexibility index (Phi) is 5.30. The van der Waals surface area contributed by atoms with Gasteiger partial charge in [-0.3, -0.25) is 19.3 Å². The number of carbonyl (C=O) groups excluding carboxylic acids is 4. The lowest BCUT2D eigenvalue weighted by Gasteiger charge is -2.13. The van der Waals surface area contributed by atoms with E-state index in [4.69, 9.17) is 0 Å². The minimum atomic E-state index is -1.34. The number of fused-ring (bicyclic) bond motifs is 1. The SMILES string of the molecule is O=C([O-])CCN1C(=O)c2ccc(NC(=O)CCc3ccccc3)cc2C1=O. The highest BCUT2D eigenvalue weighted by atomic mass is 16.4. The van der Waals surface area contributed by atoms with Gasteiger partial charge in [0.2, 0.25) is 5.91 Å². The van der Waals surface area contributed by atoms with Crippen molar-refractivity contribution in [3.05, 3.63) is 65.2 Å². The highest BCUT2D eigenvalue weighted by Crippen LogP contribution is 2.26. The van der Waals surface area contributed by atoms with Crippen LogP contribution in [0.25, 0.3) is 0 Å². The monoisotopic (exact) mass is 365 g/mol. The Labute approximate surface area is 155 Å². The van der Waals surface area contributed by atoms with Gasteiger partial charge in [0.15, 0.2) is 0 Å². The Morgan fingerprint density at radius 1 is 0.926 bits per heavy atom. The second-order valence-corrected chi connectivity index (χ2v) is 6.18. The van der Waals surface area contributed by atoms with Crippen molar-refractivity contribution in [2.45, 2.75) is 19.3 Å². The van der Waals surface area contributed by atoms with Gasteiger partial charge < -0.3 is 15.2 Å². The number of anilines is 1. The van der Waals surface area contributed by atoms with Gasteiger partial charge in [0.1, 0.15) is 0 Å². The van der Waals surface area contributed by atoms with Crippen molar-refractivity contribution < 1.29 is 24.3 Å². The van der Waals surface area contributed by atoms with Gasteiger partial charge in [0, 0.05) is 31.0 Å². The van der Waals surface area contributed by atoms with Crippen LogP contribution in [0.2, 0.25) is 0 Å². The lowest BCUT2D eigenvalue weighted by atomic mass is 10.1. The molecule has 0 saturated heterocycles. The lowest BCUT2D eigenvalue weighted by Crippen LogP contribution is -2.34. The molecule has 3 rings (SSSR count). The Morgan fingerprint density at radius 2 is 1.63 bits per heavy atom. The molecule has 0 spiro atoms. The third-order valence-corrected chi connectivity index (χ3v) is 4.28. The van der Waals surface area contributed by atoms with Crippen molar-refractivity contribution in [3.8, 4) is 0 Å². The van der Waals surface area contributed by atoms with E-state index in [-0.39, 0.29) is 30.0 Å². The largest absolute Gasteiger partial charge is 0.550 e. The van der Waals surface area contributed by atoms with Gasteiger partial charge in [-0.25, -0.2) is 0 Å². The molecule has 0 fully saturated rings. The predicted molar refractivity (Wildman–Crippen MR) is 94.8 cm³/mol. The smallest absolute Gasteiger partial charge is 0.261 e. The van der Waals surface area contributed by atoms with Crippen LogP contribution in [0.3, 0.4) is 0 Å². The molecule has 0 aromatic heterocycles. The van der Waals surface area contributed by atoms with Crippen LogP contribution in [-0.2, 0) is 16.0 Å². The van der Waals surface area contributed by atoms with Crippen molar-refractivity contribution in [1.29, 1.82) is 0 Å². The summed E-state index contributed by atoms with van der Waals surface area (Å²) in [6.07, 6.45) is 0.451. The van der Waals surface area contributed by atoms with Crippen LogP contribution in [-0.4, -0.2) is 35.1 Å². The van der Waals surface area contributed by atoms with E-state index in [0.717, 1.165) is 10.5 Å². The van der Waals surface area contributed by atoms with Crippen LogP contribution >= 0.6 is 0 Å². The number of nitrogens with one attached hydrogen (secondary N) is 1. The molecule has 3 amide bonds. The summed E-state index contributed by atoms with van der Waals surface area (Å²) < 4.78 is 0. The van der Waals surface area contributed by atoms with Gasteiger partial charge in [0.05, 0.1) is 11.1 Å². The number of rotatable bonds is 7. The first-order chi connectivity index (χ1) is 13.0. The summed E-state index contributed by atoms with van der Waals surface area (Å²) in [6.45, 7) is -0.243. The second-order valence-electron chi connectivity index (χ2n) is 6.18. The lowest BCUT2D eigenvalue weighted by molar-refractivity contribution is -0.305. The molecular weight excluding hydrogens is 348 g/mol. The summed E-state index contributed by atoms with van der Waals surface area (Å²) in [4.78, 5) is 48.1. The molecule has 0 unspecified atom stereocenters. The minimum Gasteiger partial charge on any atom is -0.550 e. The van der Waals surface area contributed by atoms with Gasteiger partial charge in [0.25, 0.3) is 11.8 Å². The normalized spacial score (nSPS) is 12.8. The molecule has 1 aliphatic rings. The number of benzene rings is 2. The van der Waals surface area contributed by atoms with Crippen molar-refractivity contribution in [3.63, 3.8) is 0 Å². The molecule has 0 radical (unpaired) electrons. The van der Waals surface area contributed by atoms with Crippen molar-refractivity contribution >= 4 is 29.4 Å². The molecule has 27 heavy (non-hydrogen) atoms. The molecule has 2 aromatic rings. The van der Waals surface area contributed by atoms with E-state index in [1.807, 2.05) is 30.3 Å². The molecule has 0 bridgehead atoms. The van der Waals surface area contributed by atoms with Gasteiger partial charge in [-0.05, 0) is 30.2 Å². The van der Waals surface area contributed by atoms with E-state index >= 15 is 0 Å². The highest BCUT2D eigenvalue weighted by Gasteiger charge is 2.35. The Hall–Kier alpha value is -3.48. The van der Waals surface area contributed by atoms with E-state index < -0.39 is 24.2 Å². The van der Waals surface area contributed by atoms with Crippen LogP contribution in [0, 0.1) is 0 Å². The first-order valence-corrected chi connectivity index (χ1v) is 8.49. The fourth-order valence-corrected chi connectivity index (χ4v) is 2.90. The predicted octanol–water partition coefficient (Wildman–Crippen LogP) is 0.994. The first kappa shape index (κ1) is 18.3. The summed E-state index contributed by atoms with van der Waals surface area (Å²) in [5.41, 5.74) is 1.81. The van der Waals surface area contributed by atoms with Crippen LogP contribution < -0.4 is 10.4 Å². The molecule has 1 heterocycles. The van der Waals surface area contributed by atoms with E-state index in [9.17, 15) is 24.3 Å². The molecule has 7 heteroatoms. The maximum absolute atomic E-state index is 12.3. The van der Waals surface area contributed by atoms with Gasteiger partial charge in [-0.2, -0.15) is 0 Å². The maximum atomic E-state index is 12.3. The van der Waals surface area contributed by atoms with Gasteiger partial charge in [-0.1, -0.05) is 30.3 Å². The maximum Gasteiger partial charge on any atom is 0.261 e. The average molecular weight is 365 g/mol. The topological polar surface area (TPSA) is 107 Å². The number of carboxylic acid groups (broad SMARTS) is 1. The number of hydrogen-bond acceptors (Lipinski definition) is 5. The standard InChI is InChI=1S/C20H18N2O5/c23-17(9-6-13-4-2-1-3-5-13)21-14-7-8-15-16(12-14)20(27)22(19(15)26)11-10-18(24)25/h1-5,7-8,12H,6,9-11H2,(H,21,23)(H,24,25)/p-1. The van der Waals surface area contributed by atoms with Crippen LogP contribution in [0.4, 0.5) is 5.69 Å². The first-order valence-electron chi connectivity index (χ1n) is 8.49. The van der Waals surface area contributed by atoms with E-state index in [0.29, 0.717) is 12.1 Å². The molecule has 1 aliphatic heterocycles. The Balaban J connectivity index is 1.65. The summed E-state index contributed by atoms with van der Waals surface area (Å²) in [5, 5.41) is 13.3. The van der Waals surface area contributed by atoms with Crippen LogP contribution in [0.1, 0.15) is 39.1 Å². The van der Waals surface area contributed by atoms with Crippen molar-refractivity contribution in [2.24, 2.45) is 0 Å². The molecule has 0 atom stereocenters. The number of aryl methyl sites for hydroxylation is 1. The average Bonchev–Trinajstić information content (AvgIpc) is 2.89. The number of amides is 3. The van der Waals surface area contributed by atoms with Gasteiger partial charge in [-0.15, -0.1) is 0 Å². The summed E-state index contributed by atoms with van der Waals surface area (Å²) in [6, 6.07) is 14.0. The number of imide groups is 1. The second kappa shape index (κ2) is 7.82. The molecular formula is C20H17N2O5-. The third kappa shape index (κ3) is 4.20. The number of carbonyl (C=O) groups is 4. The summed E-state index contributed by atoms with van der Waals surface area (Å²) in [5.74, 6) is -2.66. The highest BCUT2D eigenvalue weighted by molar-refractivity contribution is 6.22. The Morgan fingerprint density at radius 3 is 2.33 bits per heavy atom.